The number of nitrogens with one attached hydrogen (secondary N) is 2. The molecule has 9 nitrogen and oxygen atoms in total. The van der Waals surface area contributed by atoms with Crippen LogP contribution in [0.2, 0.25) is 10.0 Å². The van der Waals surface area contributed by atoms with Gasteiger partial charge in [0.1, 0.15) is 5.82 Å². The van der Waals surface area contributed by atoms with Gasteiger partial charge in [0.2, 0.25) is 5.88 Å². The van der Waals surface area contributed by atoms with Crippen LogP contribution in [0.4, 0.5) is 0 Å². The summed E-state index contributed by atoms with van der Waals surface area (Å²) >= 11 is 14.2. The summed E-state index contributed by atoms with van der Waals surface area (Å²) in [7, 11) is 3.60. The first-order valence-electron chi connectivity index (χ1n) is 15.6. The smallest absolute Gasteiger partial charge is 0.218 e. The van der Waals surface area contributed by atoms with Gasteiger partial charge in [-0.1, -0.05) is 65.7 Å². The lowest BCUT2D eigenvalue weighted by molar-refractivity contribution is 0.0613. The van der Waals surface area contributed by atoms with Crippen molar-refractivity contribution in [2.24, 2.45) is 7.05 Å². The monoisotopic (exact) mass is 658 g/mol. The van der Waals surface area contributed by atoms with E-state index in [9.17, 15) is 10.2 Å². The zero-order chi connectivity index (χ0) is 31.9. The molecule has 0 unspecified atom stereocenters. The Morgan fingerprint density at radius 2 is 1.28 bits per heavy atom. The van der Waals surface area contributed by atoms with Crippen LogP contribution in [0.3, 0.4) is 0 Å². The van der Waals surface area contributed by atoms with Gasteiger partial charge in [-0.2, -0.15) is 0 Å². The fourth-order valence-corrected chi connectivity index (χ4v) is 6.88. The summed E-state index contributed by atoms with van der Waals surface area (Å²) in [5, 5.41) is 27.2. The minimum absolute atomic E-state index is 0.201. The minimum atomic E-state index is -0.209. The molecule has 3 aromatic heterocycles. The van der Waals surface area contributed by atoms with E-state index in [1.54, 1.807) is 7.11 Å². The van der Waals surface area contributed by atoms with Crippen LogP contribution in [0.15, 0.2) is 60.7 Å². The molecule has 46 heavy (non-hydrogen) atoms. The molecule has 2 saturated carbocycles. The summed E-state index contributed by atoms with van der Waals surface area (Å²) in [6.45, 7) is 1.21. The van der Waals surface area contributed by atoms with Gasteiger partial charge in [0.15, 0.2) is 5.65 Å². The average molecular weight is 660 g/mol. The van der Waals surface area contributed by atoms with Crippen molar-refractivity contribution in [3.63, 3.8) is 0 Å². The van der Waals surface area contributed by atoms with Crippen LogP contribution in [-0.2, 0) is 20.1 Å². The van der Waals surface area contributed by atoms with E-state index in [0.29, 0.717) is 52.4 Å². The molecular formula is C35H36Cl2N6O3. The molecule has 3 heterocycles. The van der Waals surface area contributed by atoms with Crippen molar-refractivity contribution in [2.75, 3.05) is 7.11 Å². The van der Waals surface area contributed by atoms with Crippen LogP contribution < -0.4 is 15.4 Å². The van der Waals surface area contributed by atoms with Crippen molar-refractivity contribution in [2.45, 2.75) is 63.1 Å². The topological polar surface area (TPSA) is 117 Å². The van der Waals surface area contributed by atoms with Crippen molar-refractivity contribution < 1.29 is 14.9 Å². The number of nitrogens with zero attached hydrogens (tertiary/aromatic N) is 4. The molecule has 0 radical (unpaired) electrons. The molecule has 0 aliphatic heterocycles. The summed E-state index contributed by atoms with van der Waals surface area (Å²) in [6.07, 6.45) is 2.67. The molecule has 5 aromatic rings. The average Bonchev–Trinajstić information content (AvgIpc) is 3.35. The largest absolute Gasteiger partial charge is 0.481 e. The number of imidazole rings is 1. The first-order chi connectivity index (χ1) is 22.3. The lowest BCUT2D eigenvalue weighted by atomic mass is 9.89. The number of halogens is 2. The van der Waals surface area contributed by atoms with E-state index < -0.39 is 0 Å². The van der Waals surface area contributed by atoms with Gasteiger partial charge in [0, 0.05) is 53.5 Å². The normalized spacial score (nSPS) is 20.8. The Balaban J connectivity index is 1.15. The van der Waals surface area contributed by atoms with Gasteiger partial charge in [-0.15, -0.1) is 0 Å². The maximum Gasteiger partial charge on any atom is 0.218 e. The number of benzene rings is 2. The van der Waals surface area contributed by atoms with E-state index in [0.717, 1.165) is 70.5 Å². The molecule has 0 bridgehead atoms. The molecule has 7 rings (SSSR count). The Morgan fingerprint density at radius 3 is 1.87 bits per heavy atom. The van der Waals surface area contributed by atoms with E-state index in [2.05, 4.69) is 10.6 Å². The molecule has 0 spiro atoms. The maximum absolute atomic E-state index is 9.59. The zero-order valence-electron chi connectivity index (χ0n) is 25.7. The van der Waals surface area contributed by atoms with Crippen LogP contribution in [0.25, 0.3) is 44.8 Å². The van der Waals surface area contributed by atoms with E-state index in [1.165, 1.54) is 0 Å². The quantitative estimate of drug-likeness (QED) is 0.146. The van der Waals surface area contributed by atoms with Gasteiger partial charge in [-0.25, -0.2) is 15.0 Å². The van der Waals surface area contributed by atoms with Crippen molar-refractivity contribution in [3.05, 3.63) is 82.1 Å². The van der Waals surface area contributed by atoms with Gasteiger partial charge in [-0.3, -0.25) is 0 Å². The third kappa shape index (κ3) is 5.99. The number of ether oxygens (including phenoxy) is 1. The first-order valence-corrected chi connectivity index (χ1v) is 16.3. The van der Waals surface area contributed by atoms with Crippen LogP contribution in [-0.4, -0.2) is 61.1 Å². The molecule has 11 heteroatoms. The number of hydrogen-bond acceptors (Lipinski definition) is 8. The number of aryl methyl sites for hydroxylation is 1. The second-order valence-electron chi connectivity index (χ2n) is 12.2. The predicted molar refractivity (Wildman–Crippen MR) is 181 cm³/mol. The number of rotatable bonds is 10. The second kappa shape index (κ2) is 12.9. The highest BCUT2D eigenvalue weighted by Crippen LogP contribution is 2.42. The van der Waals surface area contributed by atoms with Crippen LogP contribution in [0.1, 0.15) is 37.1 Å². The SMILES string of the molecule is COc1nc(-c2cccc(-c3cccc(-c4ccc5c(n4)nc(CN[C@H]4C[C@@H](O)C4)n5C)c3Cl)c2Cl)ccc1CN[C@H]1C[C@@H](O)C1. The zero-order valence-corrected chi connectivity index (χ0v) is 27.2. The Morgan fingerprint density at radius 1 is 0.739 bits per heavy atom. The van der Waals surface area contributed by atoms with E-state index >= 15 is 0 Å². The maximum atomic E-state index is 9.59. The van der Waals surface area contributed by atoms with E-state index in [-0.39, 0.29) is 12.2 Å². The number of hydrogen-bond donors (Lipinski definition) is 4. The minimum Gasteiger partial charge on any atom is -0.481 e. The lowest BCUT2D eigenvalue weighted by Crippen LogP contribution is -2.44. The summed E-state index contributed by atoms with van der Waals surface area (Å²) in [5.74, 6) is 1.42. The third-order valence-electron chi connectivity index (χ3n) is 9.17. The Kier molecular flexibility index (Phi) is 8.71. The molecule has 0 amide bonds. The fourth-order valence-electron chi connectivity index (χ4n) is 6.23. The van der Waals surface area contributed by atoms with Crippen molar-refractivity contribution >= 4 is 34.4 Å². The summed E-state index contributed by atoms with van der Waals surface area (Å²) < 4.78 is 7.68. The van der Waals surface area contributed by atoms with Gasteiger partial charge < -0.3 is 30.2 Å². The van der Waals surface area contributed by atoms with Crippen LogP contribution in [0.5, 0.6) is 5.88 Å². The fraction of sp³-hybridized carbons (Fsp3) is 0.343. The van der Waals surface area contributed by atoms with Gasteiger partial charge in [-0.05, 0) is 43.9 Å². The standard InChI is InChI=1S/C35H36Cl2N6O3/c1-43-30-12-11-28(40-34(30)42-31(43)18-39-21-15-23(45)16-21)26-7-3-5-24(32(26)36)25-6-4-8-27(33(25)37)29-10-9-19(35(41-29)46-2)17-38-20-13-22(44)14-20/h3-12,20-23,38-39,44-45H,13-18H2,1-2H3/t20-,21-,22+,23+. The summed E-state index contributed by atoms with van der Waals surface area (Å²) in [5.41, 5.74) is 7.07. The van der Waals surface area contributed by atoms with Gasteiger partial charge in [0.25, 0.3) is 0 Å². The molecule has 0 atom stereocenters. The lowest BCUT2D eigenvalue weighted by Gasteiger charge is -2.32. The summed E-state index contributed by atoms with van der Waals surface area (Å²) in [6, 6.07) is 20.3. The Hall–Kier alpha value is -3.57. The number of aromatic nitrogens is 4. The summed E-state index contributed by atoms with van der Waals surface area (Å²) in [4.78, 5) is 14.5. The van der Waals surface area contributed by atoms with Crippen LogP contribution in [0, 0.1) is 0 Å². The van der Waals surface area contributed by atoms with Crippen molar-refractivity contribution in [1.82, 2.24) is 30.2 Å². The first kappa shape index (κ1) is 31.1. The number of pyridine rings is 2. The van der Waals surface area contributed by atoms with Gasteiger partial charge in [0.05, 0.1) is 52.8 Å². The molecular weight excluding hydrogens is 623 g/mol. The van der Waals surface area contributed by atoms with Crippen LogP contribution >= 0.6 is 23.2 Å². The highest BCUT2D eigenvalue weighted by molar-refractivity contribution is 6.39. The van der Waals surface area contributed by atoms with Crippen molar-refractivity contribution in [1.29, 1.82) is 0 Å². The predicted octanol–water partition coefficient (Wildman–Crippen LogP) is 5.91. The second-order valence-corrected chi connectivity index (χ2v) is 13.0. The van der Waals surface area contributed by atoms with E-state index in [1.807, 2.05) is 72.3 Å². The molecule has 2 aliphatic carbocycles. The molecule has 2 aliphatic rings. The van der Waals surface area contributed by atoms with Crippen molar-refractivity contribution in [3.8, 4) is 39.5 Å². The molecule has 238 valence electrons. The Labute approximate surface area is 277 Å². The molecule has 2 fully saturated rings. The number of methoxy groups -OCH3 is 1. The Bertz CT molecular complexity index is 1900. The highest BCUT2D eigenvalue weighted by atomic mass is 35.5. The molecule has 0 saturated heterocycles. The number of fused-ring (bicyclic) bond motifs is 1. The number of aliphatic hydroxyl groups is 2. The van der Waals surface area contributed by atoms with Gasteiger partial charge >= 0.3 is 0 Å². The molecule has 4 N–H and O–H groups in total. The number of aliphatic hydroxyl groups excluding tert-OH is 2. The highest BCUT2D eigenvalue weighted by Gasteiger charge is 2.28. The third-order valence-corrected chi connectivity index (χ3v) is 9.98. The van der Waals surface area contributed by atoms with E-state index in [4.69, 9.17) is 42.9 Å². The molecule has 2 aromatic carbocycles.